The van der Waals surface area contributed by atoms with E-state index in [1.165, 1.54) is 19.3 Å². The molecule has 18 heavy (non-hydrogen) atoms. The lowest BCUT2D eigenvalue weighted by Gasteiger charge is -2.29. The second kappa shape index (κ2) is 5.61. The molecule has 0 amide bonds. The summed E-state index contributed by atoms with van der Waals surface area (Å²) in [6.45, 7) is 2.22. The van der Waals surface area contributed by atoms with Crippen molar-refractivity contribution in [3.63, 3.8) is 0 Å². The summed E-state index contributed by atoms with van der Waals surface area (Å²) in [5.74, 6) is 1.29. The van der Waals surface area contributed by atoms with Crippen molar-refractivity contribution in [2.24, 2.45) is 11.7 Å². The minimum Gasteiger partial charge on any atom is -0.489 e. The first-order valence-corrected chi connectivity index (χ1v) is 6.76. The number of amidine groups is 1. The highest BCUT2D eigenvalue weighted by atomic mass is 35.5. The van der Waals surface area contributed by atoms with Crippen LogP contribution in [0.1, 0.15) is 38.2 Å². The van der Waals surface area contributed by atoms with Gasteiger partial charge in [-0.15, -0.1) is 0 Å². The van der Waals surface area contributed by atoms with E-state index >= 15 is 0 Å². The number of hydrogen-bond acceptors (Lipinski definition) is 2. The number of nitrogens with two attached hydrogens (primary N) is 1. The van der Waals surface area contributed by atoms with Crippen LogP contribution in [0, 0.1) is 11.3 Å². The fourth-order valence-corrected chi connectivity index (χ4v) is 2.61. The molecule has 1 aliphatic carbocycles. The van der Waals surface area contributed by atoms with E-state index < -0.39 is 0 Å². The summed E-state index contributed by atoms with van der Waals surface area (Å²) in [5.41, 5.74) is 6.05. The van der Waals surface area contributed by atoms with Crippen molar-refractivity contribution in [1.82, 2.24) is 0 Å². The van der Waals surface area contributed by atoms with Gasteiger partial charge in [-0.3, -0.25) is 5.41 Å². The van der Waals surface area contributed by atoms with E-state index in [0.717, 1.165) is 6.42 Å². The van der Waals surface area contributed by atoms with Gasteiger partial charge >= 0.3 is 0 Å². The molecule has 0 heterocycles. The van der Waals surface area contributed by atoms with E-state index in [1.807, 2.05) is 0 Å². The average molecular weight is 267 g/mol. The van der Waals surface area contributed by atoms with Gasteiger partial charge in [0.2, 0.25) is 0 Å². The number of halogens is 1. The highest BCUT2D eigenvalue weighted by molar-refractivity contribution is 6.32. The van der Waals surface area contributed by atoms with Crippen LogP contribution in [0.2, 0.25) is 5.02 Å². The molecule has 3 nitrogen and oxygen atoms in total. The Bertz CT molecular complexity index is 447. The highest BCUT2D eigenvalue weighted by Gasteiger charge is 2.23. The van der Waals surface area contributed by atoms with Gasteiger partial charge in [-0.2, -0.15) is 0 Å². The van der Waals surface area contributed by atoms with Crippen molar-refractivity contribution in [3.8, 4) is 5.75 Å². The Kier molecular flexibility index (Phi) is 4.12. The van der Waals surface area contributed by atoms with E-state index in [2.05, 4.69) is 6.92 Å². The maximum Gasteiger partial charge on any atom is 0.138 e. The average Bonchev–Trinajstić information content (AvgIpc) is 2.34. The quantitative estimate of drug-likeness (QED) is 0.649. The first kappa shape index (κ1) is 13.2. The molecule has 1 fully saturated rings. The molecule has 2 atom stereocenters. The Labute approximate surface area is 113 Å². The van der Waals surface area contributed by atoms with Gasteiger partial charge < -0.3 is 10.5 Å². The van der Waals surface area contributed by atoms with E-state index in [9.17, 15) is 0 Å². The molecule has 0 saturated heterocycles. The van der Waals surface area contributed by atoms with Crippen molar-refractivity contribution < 1.29 is 4.74 Å². The van der Waals surface area contributed by atoms with E-state index in [-0.39, 0.29) is 11.9 Å². The summed E-state index contributed by atoms with van der Waals surface area (Å²) in [6.07, 6.45) is 5.06. The largest absolute Gasteiger partial charge is 0.489 e. The zero-order chi connectivity index (χ0) is 13.1. The molecule has 0 aliphatic heterocycles. The third-order valence-electron chi connectivity index (χ3n) is 3.55. The number of nitrogens with one attached hydrogen (secondary N) is 1. The van der Waals surface area contributed by atoms with Crippen molar-refractivity contribution in [3.05, 3.63) is 28.8 Å². The van der Waals surface area contributed by atoms with Gasteiger partial charge in [-0.1, -0.05) is 24.9 Å². The van der Waals surface area contributed by atoms with Crippen LogP contribution in [0.25, 0.3) is 0 Å². The van der Waals surface area contributed by atoms with Crippen LogP contribution in [0.5, 0.6) is 5.75 Å². The van der Waals surface area contributed by atoms with Crippen LogP contribution in [0.3, 0.4) is 0 Å². The maximum atomic E-state index is 7.37. The minimum absolute atomic E-state index is 0.0227. The molecule has 98 valence electrons. The SMILES string of the molecule is CC1CCCCC1Oc1ccc(C(=N)N)cc1Cl. The molecule has 3 N–H and O–H groups in total. The predicted molar refractivity (Wildman–Crippen MR) is 74.5 cm³/mol. The lowest BCUT2D eigenvalue weighted by atomic mass is 9.88. The first-order chi connectivity index (χ1) is 8.58. The topological polar surface area (TPSA) is 59.1 Å². The summed E-state index contributed by atoms with van der Waals surface area (Å²) < 4.78 is 5.99. The van der Waals surface area contributed by atoms with Gasteiger partial charge in [0.1, 0.15) is 17.7 Å². The molecule has 0 bridgehead atoms. The highest BCUT2D eigenvalue weighted by Crippen LogP contribution is 2.32. The smallest absolute Gasteiger partial charge is 0.138 e. The van der Waals surface area contributed by atoms with Crippen molar-refractivity contribution >= 4 is 17.4 Å². The van der Waals surface area contributed by atoms with Gasteiger partial charge in [0, 0.05) is 5.56 Å². The molecule has 0 aromatic heterocycles. The summed E-state index contributed by atoms with van der Waals surface area (Å²) in [7, 11) is 0. The molecule has 4 heteroatoms. The number of rotatable bonds is 3. The number of hydrogen-bond donors (Lipinski definition) is 2. The second-order valence-corrected chi connectivity index (χ2v) is 5.38. The van der Waals surface area contributed by atoms with E-state index in [4.69, 9.17) is 27.5 Å². The Morgan fingerprint density at radius 1 is 1.39 bits per heavy atom. The summed E-state index contributed by atoms with van der Waals surface area (Å²) in [5, 5.41) is 7.89. The van der Waals surface area contributed by atoms with Crippen LogP contribution >= 0.6 is 11.6 Å². The molecule has 0 radical (unpaired) electrons. The van der Waals surface area contributed by atoms with Crippen molar-refractivity contribution in [2.45, 2.75) is 38.7 Å². The minimum atomic E-state index is 0.0227. The molecular weight excluding hydrogens is 248 g/mol. The van der Waals surface area contributed by atoms with Crippen molar-refractivity contribution in [2.75, 3.05) is 0 Å². The van der Waals surface area contributed by atoms with Gasteiger partial charge in [-0.05, 0) is 43.4 Å². The zero-order valence-electron chi connectivity index (χ0n) is 10.6. The monoisotopic (exact) mass is 266 g/mol. The fraction of sp³-hybridized carbons (Fsp3) is 0.500. The van der Waals surface area contributed by atoms with Crippen LogP contribution in [0.4, 0.5) is 0 Å². The maximum absolute atomic E-state index is 7.37. The standard InChI is InChI=1S/C14H19ClN2O/c1-9-4-2-3-5-12(9)18-13-7-6-10(14(16)17)8-11(13)15/h6-9,12H,2-5H2,1H3,(H3,16,17). The summed E-state index contributed by atoms with van der Waals surface area (Å²) >= 11 is 6.16. The number of benzene rings is 1. The molecule has 2 unspecified atom stereocenters. The van der Waals surface area contributed by atoms with Gasteiger partial charge in [0.05, 0.1) is 5.02 Å². The normalized spacial score (nSPS) is 23.7. The molecule has 0 spiro atoms. The predicted octanol–water partition coefficient (Wildman–Crippen LogP) is 3.58. The summed E-state index contributed by atoms with van der Waals surface area (Å²) in [6, 6.07) is 5.27. The third kappa shape index (κ3) is 2.96. The third-order valence-corrected chi connectivity index (χ3v) is 3.85. The van der Waals surface area contributed by atoms with Crippen LogP contribution in [0.15, 0.2) is 18.2 Å². The molecule has 2 rings (SSSR count). The lowest BCUT2D eigenvalue weighted by Crippen LogP contribution is -2.28. The fourth-order valence-electron chi connectivity index (χ4n) is 2.38. The molecule has 1 aromatic carbocycles. The lowest BCUT2D eigenvalue weighted by molar-refractivity contribution is 0.103. The van der Waals surface area contributed by atoms with Crippen LogP contribution in [-0.2, 0) is 0 Å². The van der Waals surface area contributed by atoms with E-state index in [1.54, 1.807) is 18.2 Å². The van der Waals surface area contributed by atoms with Gasteiger partial charge in [0.15, 0.2) is 0 Å². The Hall–Kier alpha value is -1.22. The Morgan fingerprint density at radius 3 is 2.72 bits per heavy atom. The van der Waals surface area contributed by atoms with Gasteiger partial charge in [0.25, 0.3) is 0 Å². The van der Waals surface area contributed by atoms with Crippen LogP contribution < -0.4 is 10.5 Å². The Balaban J connectivity index is 2.11. The molecular formula is C14H19ClN2O. The Morgan fingerprint density at radius 2 is 2.11 bits per heavy atom. The molecule has 1 aromatic rings. The zero-order valence-corrected chi connectivity index (χ0v) is 11.3. The number of nitrogen functional groups attached to an aromatic ring is 1. The van der Waals surface area contributed by atoms with Crippen molar-refractivity contribution in [1.29, 1.82) is 5.41 Å². The summed E-state index contributed by atoms with van der Waals surface area (Å²) in [4.78, 5) is 0. The van der Waals surface area contributed by atoms with Crippen LogP contribution in [-0.4, -0.2) is 11.9 Å². The molecule has 1 saturated carbocycles. The second-order valence-electron chi connectivity index (χ2n) is 4.98. The molecule has 1 aliphatic rings. The number of ether oxygens (including phenoxy) is 1. The first-order valence-electron chi connectivity index (χ1n) is 6.38. The van der Waals surface area contributed by atoms with Gasteiger partial charge in [-0.25, -0.2) is 0 Å². The van der Waals surface area contributed by atoms with E-state index in [0.29, 0.717) is 22.3 Å².